The van der Waals surface area contributed by atoms with Gasteiger partial charge in [-0.15, -0.1) is 0 Å². The lowest BCUT2D eigenvalue weighted by molar-refractivity contribution is 0.601. The summed E-state index contributed by atoms with van der Waals surface area (Å²) in [5.74, 6) is 0. The Kier molecular flexibility index (Phi) is 8.10. The third kappa shape index (κ3) is 5.02. The zero-order valence-corrected chi connectivity index (χ0v) is 25.2. The van der Waals surface area contributed by atoms with Crippen LogP contribution in [0.15, 0.2) is 78.9 Å². The van der Waals surface area contributed by atoms with Crippen LogP contribution >= 0.6 is 8.46 Å². The number of rotatable bonds is 2. The molecule has 4 aromatic rings. The summed E-state index contributed by atoms with van der Waals surface area (Å²) in [5, 5.41) is 0. The predicted molar refractivity (Wildman–Crippen MR) is 165 cm³/mol. The molecule has 6 rings (SSSR count). The number of hydrogen-bond acceptors (Lipinski definition) is 1. The highest BCUT2D eigenvalue weighted by molar-refractivity contribution is 7.22. The van der Waals surface area contributed by atoms with Crippen molar-refractivity contribution in [2.75, 3.05) is 6.66 Å². The smallest absolute Gasteiger partial charge is 0.151 e. The zero-order chi connectivity index (χ0) is 27.7. The molecule has 0 bridgehead atoms. The quantitative estimate of drug-likeness (QED) is 0.240. The molecule has 0 saturated carbocycles. The fraction of sp³-hybridized carbons (Fsp3) is 0.333. The highest BCUT2D eigenvalue weighted by Gasteiger charge is 2.41. The van der Waals surface area contributed by atoms with Gasteiger partial charge >= 0.3 is 0 Å². The molecule has 0 fully saturated rings. The standard InChI is InChI=1S/C26H26.C9H12.CH3OP/c1-15-7-9-17-19-13-24-20(14-23(19)25(3,4)21(17)11-15)18-10-8-16(2)12-22(18)26(24,5)6;1-2-6-9-7-4-3-5-8-9;1-3-2/h7-14H,1-6H3;3-5,7-8H,2,6H2,1H3;1H3. The van der Waals surface area contributed by atoms with Gasteiger partial charge in [0.25, 0.3) is 0 Å². The average molecular weight is 521 g/mol. The molecule has 0 radical (unpaired) electrons. The molecule has 0 heterocycles. The van der Waals surface area contributed by atoms with Crippen LogP contribution in [-0.2, 0) is 21.8 Å². The van der Waals surface area contributed by atoms with Gasteiger partial charge in [0.1, 0.15) is 0 Å². The minimum Gasteiger partial charge on any atom is -0.275 e. The second-order valence-corrected chi connectivity index (χ2v) is 12.1. The average Bonchev–Trinajstić information content (AvgIpc) is 3.23. The molecule has 0 aromatic heterocycles. The number of aryl methyl sites for hydroxylation is 3. The Hall–Kier alpha value is -3.02. The van der Waals surface area contributed by atoms with Gasteiger partial charge in [-0.1, -0.05) is 119 Å². The summed E-state index contributed by atoms with van der Waals surface area (Å²) in [6, 6.07) is 29.5. The molecule has 38 heavy (non-hydrogen) atoms. The van der Waals surface area contributed by atoms with E-state index in [1.165, 1.54) is 74.0 Å². The highest BCUT2D eigenvalue weighted by Crippen LogP contribution is 2.56. The summed E-state index contributed by atoms with van der Waals surface area (Å²) in [5.41, 5.74) is 15.8. The van der Waals surface area contributed by atoms with E-state index in [1.54, 1.807) is 6.66 Å². The van der Waals surface area contributed by atoms with Gasteiger partial charge < -0.3 is 0 Å². The maximum absolute atomic E-state index is 8.90. The van der Waals surface area contributed by atoms with E-state index in [0.29, 0.717) is 0 Å². The van der Waals surface area contributed by atoms with Gasteiger partial charge in [0, 0.05) is 17.5 Å². The van der Waals surface area contributed by atoms with E-state index in [1.807, 2.05) is 0 Å². The summed E-state index contributed by atoms with van der Waals surface area (Å²) < 4.78 is 8.90. The third-order valence-corrected chi connectivity index (χ3v) is 8.16. The van der Waals surface area contributed by atoms with Crippen molar-refractivity contribution in [2.24, 2.45) is 0 Å². The predicted octanol–water partition coefficient (Wildman–Crippen LogP) is 10.5. The molecule has 0 unspecified atom stereocenters. The zero-order valence-electron chi connectivity index (χ0n) is 24.3. The van der Waals surface area contributed by atoms with Gasteiger partial charge in [-0.05, 0) is 82.5 Å². The van der Waals surface area contributed by atoms with Crippen LogP contribution in [0.5, 0.6) is 0 Å². The van der Waals surface area contributed by atoms with Crippen molar-refractivity contribution in [1.82, 2.24) is 0 Å². The summed E-state index contributed by atoms with van der Waals surface area (Å²) in [4.78, 5) is 0. The van der Waals surface area contributed by atoms with E-state index >= 15 is 0 Å². The molecule has 2 aliphatic carbocycles. The van der Waals surface area contributed by atoms with Crippen LogP contribution in [0.2, 0.25) is 0 Å². The molecule has 2 aliphatic rings. The van der Waals surface area contributed by atoms with Gasteiger partial charge in [0.15, 0.2) is 8.46 Å². The Morgan fingerprint density at radius 3 is 1.39 bits per heavy atom. The molecule has 196 valence electrons. The van der Waals surface area contributed by atoms with Crippen molar-refractivity contribution < 1.29 is 4.57 Å². The van der Waals surface area contributed by atoms with Crippen molar-refractivity contribution in [2.45, 2.75) is 72.1 Å². The Labute approximate surface area is 231 Å². The molecular weight excluding hydrogens is 479 g/mol. The van der Waals surface area contributed by atoms with Gasteiger partial charge in [-0.3, -0.25) is 4.57 Å². The Balaban J connectivity index is 0.000000235. The molecule has 0 N–H and O–H groups in total. The SMILES string of the molecule is CCCc1ccccc1.CP=O.Cc1ccc2c(c1)C(C)(C)c1cc3c(cc1-2)C(C)(C)c1cc(C)ccc1-3. The van der Waals surface area contributed by atoms with Crippen molar-refractivity contribution in [1.29, 1.82) is 0 Å². The van der Waals surface area contributed by atoms with E-state index in [-0.39, 0.29) is 19.3 Å². The number of hydrogen-bond donors (Lipinski definition) is 0. The first-order chi connectivity index (χ1) is 18.1. The molecule has 0 aliphatic heterocycles. The van der Waals surface area contributed by atoms with Crippen LogP contribution in [0.4, 0.5) is 0 Å². The summed E-state index contributed by atoms with van der Waals surface area (Å²) in [6.07, 6.45) is 2.45. The first kappa shape index (κ1) is 28.0. The van der Waals surface area contributed by atoms with Gasteiger partial charge in [0.05, 0.1) is 0 Å². The molecular formula is C36H41OP. The third-order valence-electron chi connectivity index (χ3n) is 8.16. The second kappa shape index (κ2) is 11.0. The van der Waals surface area contributed by atoms with Gasteiger partial charge in [-0.2, -0.15) is 0 Å². The Bertz CT molecular complexity index is 1370. The fourth-order valence-corrected chi connectivity index (χ4v) is 6.12. The first-order valence-electron chi connectivity index (χ1n) is 13.7. The Morgan fingerprint density at radius 2 is 1.00 bits per heavy atom. The number of benzene rings is 4. The van der Waals surface area contributed by atoms with Crippen LogP contribution in [0.1, 0.15) is 80.0 Å². The lowest BCUT2D eigenvalue weighted by Gasteiger charge is -2.24. The number of fused-ring (bicyclic) bond motifs is 6. The topological polar surface area (TPSA) is 17.1 Å². The largest absolute Gasteiger partial charge is 0.275 e. The van der Waals surface area contributed by atoms with E-state index in [2.05, 4.69) is 127 Å². The monoisotopic (exact) mass is 520 g/mol. The van der Waals surface area contributed by atoms with Crippen molar-refractivity contribution in [3.8, 4) is 22.3 Å². The van der Waals surface area contributed by atoms with Gasteiger partial charge in [-0.25, -0.2) is 0 Å². The van der Waals surface area contributed by atoms with E-state index < -0.39 is 0 Å². The summed E-state index contributed by atoms with van der Waals surface area (Å²) in [7, 11) is 0.167. The maximum atomic E-state index is 8.90. The molecule has 0 saturated heterocycles. The van der Waals surface area contributed by atoms with Crippen LogP contribution in [0.25, 0.3) is 22.3 Å². The Morgan fingerprint density at radius 1 is 0.605 bits per heavy atom. The summed E-state index contributed by atoms with van der Waals surface area (Å²) >= 11 is 0. The van der Waals surface area contributed by atoms with Crippen molar-refractivity contribution in [3.05, 3.63) is 118 Å². The lowest BCUT2D eigenvalue weighted by atomic mass is 9.79. The minimum absolute atomic E-state index is 0.0588. The van der Waals surface area contributed by atoms with E-state index in [0.717, 1.165) is 0 Å². The molecule has 0 amide bonds. The van der Waals surface area contributed by atoms with Gasteiger partial charge in [0.2, 0.25) is 0 Å². The van der Waals surface area contributed by atoms with Crippen LogP contribution in [-0.4, -0.2) is 6.66 Å². The molecule has 0 spiro atoms. The first-order valence-corrected chi connectivity index (χ1v) is 15.0. The molecule has 0 atom stereocenters. The highest BCUT2D eigenvalue weighted by atomic mass is 31.1. The van der Waals surface area contributed by atoms with E-state index in [4.69, 9.17) is 4.57 Å². The van der Waals surface area contributed by atoms with Crippen LogP contribution < -0.4 is 0 Å². The normalized spacial score (nSPS) is 14.7. The lowest BCUT2D eigenvalue weighted by Crippen LogP contribution is -2.17. The summed E-state index contributed by atoms with van der Waals surface area (Å²) in [6.45, 7) is 17.6. The molecule has 2 heteroatoms. The molecule has 1 nitrogen and oxygen atoms in total. The van der Waals surface area contributed by atoms with Crippen LogP contribution in [0, 0.1) is 13.8 Å². The fourth-order valence-electron chi connectivity index (χ4n) is 6.12. The van der Waals surface area contributed by atoms with Crippen LogP contribution in [0.3, 0.4) is 0 Å². The van der Waals surface area contributed by atoms with Crippen molar-refractivity contribution in [3.63, 3.8) is 0 Å². The van der Waals surface area contributed by atoms with Crippen molar-refractivity contribution >= 4 is 8.46 Å². The maximum Gasteiger partial charge on any atom is 0.151 e. The molecule has 4 aromatic carbocycles. The minimum atomic E-state index is 0.0588. The second-order valence-electron chi connectivity index (χ2n) is 11.7. The van der Waals surface area contributed by atoms with E-state index in [9.17, 15) is 0 Å².